The standard InChI is InChI=1S/C14H20N2O2S/c1-4-16(5-2)14(19)15-12-9-7-11(8-10-12)13(17)18-6-3/h7-10H,4-6H2,1-3H3,(H,15,19). The summed E-state index contributed by atoms with van der Waals surface area (Å²) in [5.41, 5.74) is 1.41. The number of nitrogens with zero attached hydrogens (tertiary/aromatic N) is 1. The van der Waals surface area contributed by atoms with Gasteiger partial charge < -0.3 is 15.0 Å². The lowest BCUT2D eigenvalue weighted by Gasteiger charge is -2.22. The Bertz CT molecular complexity index is 428. The fourth-order valence-corrected chi connectivity index (χ4v) is 1.99. The molecular formula is C14H20N2O2S. The summed E-state index contributed by atoms with van der Waals surface area (Å²) in [6, 6.07) is 7.10. The van der Waals surface area contributed by atoms with E-state index in [1.54, 1.807) is 19.1 Å². The monoisotopic (exact) mass is 280 g/mol. The zero-order valence-electron chi connectivity index (χ0n) is 11.6. The van der Waals surface area contributed by atoms with Gasteiger partial charge in [0.1, 0.15) is 0 Å². The summed E-state index contributed by atoms with van der Waals surface area (Å²) in [6.07, 6.45) is 0. The van der Waals surface area contributed by atoms with E-state index in [4.69, 9.17) is 17.0 Å². The zero-order chi connectivity index (χ0) is 14.3. The van der Waals surface area contributed by atoms with E-state index >= 15 is 0 Å². The van der Waals surface area contributed by atoms with Gasteiger partial charge in [0.25, 0.3) is 0 Å². The van der Waals surface area contributed by atoms with Crippen LogP contribution in [0, 0.1) is 0 Å². The number of carbonyl (C=O) groups is 1. The first-order chi connectivity index (χ1) is 9.12. The predicted molar refractivity (Wildman–Crippen MR) is 81.5 cm³/mol. The van der Waals surface area contributed by atoms with Crippen molar-refractivity contribution in [3.63, 3.8) is 0 Å². The molecule has 0 aliphatic carbocycles. The van der Waals surface area contributed by atoms with E-state index in [0.29, 0.717) is 17.3 Å². The Morgan fingerprint density at radius 1 is 1.21 bits per heavy atom. The van der Waals surface area contributed by atoms with Gasteiger partial charge in [-0.05, 0) is 57.3 Å². The Kier molecular flexibility index (Phi) is 6.29. The molecule has 0 radical (unpaired) electrons. The Morgan fingerprint density at radius 2 is 1.79 bits per heavy atom. The van der Waals surface area contributed by atoms with Crippen molar-refractivity contribution in [2.45, 2.75) is 20.8 Å². The molecule has 1 aromatic rings. The summed E-state index contributed by atoms with van der Waals surface area (Å²) in [5, 5.41) is 3.84. The highest BCUT2D eigenvalue weighted by molar-refractivity contribution is 7.80. The molecule has 0 heterocycles. The first-order valence-electron chi connectivity index (χ1n) is 6.45. The van der Waals surface area contributed by atoms with E-state index < -0.39 is 0 Å². The third-order valence-corrected chi connectivity index (χ3v) is 3.06. The van der Waals surface area contributed by atoms with E-state index in [1.165, 1.54) is 0 Å². The lowest BCUT2D eigenvalue weighted by molar-refractivity contribution is 0.0526. The van der Waals surface area contributed by atoms with E-state index in [9.17, 15) is 4.79 Å². The lowest BCUT2D eigenvalue weighted by atomic mass is 10.2. The average molecular weight is 280 g/mol. The minimum Gasteiger partial charge on any atom is -0.462 e. The quantitative estimate of drug-likeness (QED) is 0.663. The van der Waals surface area contributed by atoms with E-state index in [0.717, 1.165) is 18.8 Å². The van der Waals surface area contributed by atoms with Gasteiger partial charge >= 0.3 is 5.97 Å². The highest BCUT2D eigenvalue weighted by Gasteiger charge is 2.08. The summed E-state index contributed by atoms with van der Waals surface area (Å²) in [5.74, 6) is -0.305. The van der Waals surface area contributed by atoms with Crippen LogP contribution in [0.25, 0.3) is 0 Å². The van der Waals surface area contributed by atoms with E-state index in [1.807, 2.05) is 12.1 Å². The molecule has 0 spiro atoms. The number of thiocarbonyl (C=S) groups is 1. The highest BCUT2D eigenvalue weighted by atomic mass is 32.1. The van der Waals surface area contributed by atoms with Crippen LogP contribution in [0.4, 0.5) is 5.69 Å². The minimum atomic E-state index is -0.305. The maximum absolute atomic E-state index is 11.5. The summed E-state index contributed by atoms with van der Waals surface area (Å²) < 4.78 is 4.93. The van der Waals surface area contributed by atoms with Gasteiger partial charge in [-0.2, -0.15) is 0 Å². The molecule has 0 bridgehead atoms. The molecule has 0 aliphatic rings. The second-order valence-electron chi connectivity index (χ2n) is 3.90. The maximum Gasteiger partial charge on any atom is 0.338 e. The van der Waals surface area contributed by atoms with Gasteiger partial charge in [0.15, 0.2) is 5.11 Å². The van der Waals surface area contributed by atoms with Crippen LogP contribution in [0.2, 0.25) is 0 Å². The Labute approximate surface area is 119 Å². The third kappa shape index (κ3) is 4.52. The third-order valence-electron chi connectivity index (χ3n) is 2.70. The van der Waals surface area contributed by atoms with Crippen LogP contribution < -0.4 is 5.32 Å². The van der Waals surface area contributed by atoms with Crippen LogP contribution in [0.1, 0.15) is 31.1 Å². The molecule has 1 N–H and O–H groups in total. The van der Waals surface area contributed by atoms with Gasteiger partial charge in [-0.25, -0.2) is 4.79 Å². The summed E-state index contributed by atoms with van der Waals surface area (Å²) in [4.78, 5) is 13.6. The lowest BCUT2D eigenvalue weighted by Crippen LogP contribution is -2.34. The van der Waals surface area contributed by atoms with Crippen LogP contribution in [0.3, 0.4) is 0 Å². The SMILES string of the molecule is CCOC(=O)c1ccc(NC(=S)N(CC)CC)cc1. The van der Waals surface area contributed by atoms with Crippen molar-refractivity contribution < 1.29 is 9.53 Å². The largest absolute Gasteiger partial charge is 0.462 e. The molecule has 0 amide bonds. The molecule has 0 atom stereocenters. The van der Waals surface area contributed by atoms with Crippen molar-refractivity contribution in [2.24, 2.45) is 0 Å². The maximum atomic E-state index is 11.5. The minimum absolute atomic E-state index is 0.305. The van der Waals surface area contributed by atoms with E-state index in [2.05, 4.69) is 24.1 Å². The molecule has 19 heavy (non-hydrogen) atoms. The van der Waals surface area contributed by atoms with Gasteiger partial charge in [-0.1, -0.05) is 0 Å². The van der Waals surface area contributed by atoms with Crippen molar-refractivity contribution >= 4 is 29.0 Å². The second kappa shape index (κ2) is 7.74. The van der Waals surface area contributed by atoms with Gasteiger partial charge in [0.2, 0.25) is 0 Å². The number of rotatable bonds is 5. The predicted octanol–water partition coefficient (Wildman–Crippen LogP) is 2.90. The fourth-order valence-electron chi connectivity index (χ4n) is 1.62. The number of esters is 1. The molecule has 0 unspecified atom stereocenters. The molecule has 1 aromatic carbocycles. The Morgan fingerprint density at radius 3 is 2.26 bits per heavy atom. The van der Waals surface area contributed by atoms with Crippen LogP contribution in [-0.2, 0) is 4.74 Å². The first kappa shape index (κ1) is 15.4. The fraction of sp³-hybridized carbons (Fsp3) is 0.429. The molecular weight excluding hydrogens is 260 g/mol. The van der Waals surface area contributed by atoms with Crippen molar-refractivity contribution in [2.75, 3.05) is 25.0 Å². The highest BCUT2D eigenvalue weighted by Crippen LogP contribution is 2.11. The first-order valence-corrected chi connectivity index (χ1v) is 6.86. The Balaban J connectivity index is 2.66. The number of benzene rings is 1. The molecule has 0 aromatic heterocycles. The molecule has 1 rings (SSSR count). The second-order valence-corrected chi connectivity index (χ2v) is 4.29. The number of anilines is 1. The van der Waals surface area contributed by atoms with Crippen LogP contribution in [0.15, 0.2) is 24.3 Å². The summed E-state index contributed by atoms with van der Waals surface area (Å²) in [6.45, 7) is 8.01. The Hall–Kier alpha value is -1.62. The molecule has 104 valence electrons. The molecule has 4 nitrogen and oxygen atoms in total. The molecule has 0 saturated heterocycles. The molecule has 0 aliphatic heterocycles. The van der Waals surface area contributed by atoms with Gasteiger partial charge in [-0.15, -0.1) is 0 Å². The van der Waals surface area contributed by atoms with Crippen LogP contribution in [-0.4, -0.2) is 35.7 Å². The number of ether oxygens (including phenoxy) is 1. The zero-order valence-corrected chi connectivity index (χ0v) is 12.4. The van der Waals surface area contributed by atoms with Crippen molar-refractivity contribution in [1.82, 2.24) is 4.90 Å². The average Bonchev–Trinajstić information content (AvgIpc) is 2.41. The molecule has 0 saturated carbocycles. The topological polar surface area (TPSA) is 41.6 Å². The smallest absolute Gasteiger partial charge is 0.338 e. The van der Waals surface area contributed by atoms with E-state index in [-0.39, 0.29) is 5.97 Å². The summed E-state index contributed by atoms with van der Waals surface area (Å²) in [7, 11) is 0. The normalized spacial score (nSPS) is 9.84. The number of hydrogen-bond donors (Lipinski definition) is 1. The van der Waals surface area contributed by atoms with Gasteiger partial charge in [0, 0.05) is 18.8 Å². The van der Waals surface area contributed by atoms with Crippen LogP contribution in [0.5, 0.6) is 0 Å². The number of carbonyl (C=O) groups excluding carboxylic acids is 1. The van der Waals surface area contributed by atoms with Crippen molar-refractivity contribution in [1.29, 1.82) is 0 Å². The molecule has 0 fully saturated rings. The van der Waals surface area contributed by atoms with Crippen LogP contribution >= 0.6 is 12.2 Å². The van der Waals surface area contributed by atoms with Crippen molar-refractivity contribution in [3.8, 4) is 0 Å². The van der Waals surface area contributed by atoms with Gasteiger partial charge in [0.05, 0.1) is 12.2 Å². The number of nitrogens with one attached hydrogen (secondary N) is 1. The summed E-state index contributed by atoms with van der Waals surface area (Å²) >= 11 is 5.30. The number of hydrogen-bond acceptors (Lipinski definition) is 3. The molecule has 5 heteroatoms. The van der Waals surface area contributed by atoms with Gasteiger partial charge in [-0.3, -0.25) is 0 Å². The van der Waals surface area contributed by atoms with Crippen molar-refractivity contribution in [3.05, 3.63) is 29.8 Å².